The third-order valence-electron chi connectivity index (χ3n) is 7.23. The number of carbonyl (C=O) groups is 1. The van der Waals surface area contributed by atoms with E-state index < -0.39 is 0 Å². The van der Waals surface area contributed by atoms with Gasteiger partial charge in [0.1, 0.15) is 12.3 Å². The first kappa shape index (κ1) is 21.1. The van der Waals surface area contributed by atoms with Crippen LogP contribution in [0.4, 0.5) is 5.69 Å². The Bertz CT molecular complexity index is 1060. The Morgan fingerprint density at radius 3 is 2.75 bits per heavy atom. The fourth-order valence-electron chi connectivity index (χ4n) is 5.27. The van der Waals surface area contributed by atoms with Crippen molar-refractivity contribution >= 4 is 11.6 Å². The average Bonchev–Trinajstić information content (AvgIpc) is 3.49. The van der Waals surface area contributed by atoms with Crippen LogP contribution in [0.3, 0.4) is 0 Å². The van der Waals surface area contributed by atoms with Gasteiger partial charge in [0, 0.05) is 32.1 Å². The molecule has 32 heavy (non-hydrogen) atoms. The summed E-state index contributed by atoms with van der Waals surface area (Å²) in [5, 5.41) is 10.2. The molecule has 1 saturated carbocycles. The highest BCUT2D eigenvalue weighted by atomic mass is 16.5. The summed E-state index contributed by atoms with van der Waals surface area (Å²) in [6.07, 6.45) is 7.11. The summed E-state index contributed by atoms with van der Waals surface area (Å²) in [4.78, 5) is 17.3. The monoisotopic (exact) mass is 433 g/mol. The van der Waals surface area contributed by atoms with Crippen molar-refractivity contribution in [2.24, 2.45) is 0 Å². The maximum Gasteiger partial charge on any atom is 0.257 e. The highest BCUT2D eigenvalue weighted by molar-refractivity contribution is 5.94. The van der Waals surface area contributed by atoms with Crippen LogP contribution in [0.15, 0.2) is 29.1 Å². The number of ether oxygens (including phenoxy) is 1. The second-order valence-electron chi connectivity index (χ2n) is 9.95. The van der Waals surface area contributed by atoms with Gasteiger partial charge in [-0.25, -0.2) is 0 Å². The molecular weight excluding hydrogens is 402 g/mol. The molecule has 0 unspecified atom stereocenters. The van der Waals surface area contributed by atoms with E-state index in [2.05, 4.69) is 37.8 Å². The van der Waals surface area contributed by atoms with Crippen molar-refractivity contribution in [3.8, 4) is 6.07 Å². The first-order chi connectivity index (χ1) is 15.4. The lowest BCUT2D eigenvalue weighted by Crippen LogP contribution is -2.55. The average molecular weight is 434 g/mol. The molecule has 6 heteroatoms. The first-order valence-corrected chi connectivity index (χ1v) is 11.7. The van der Waals surface area contributed by atoms with Crippen LogP contribution in [0.25, 0.3) is 0 Å². The van der Waals surface area contributed by atoms with Gasteiger partial charge < -0.3 is 19.0 Å². The van der Waals surface area contributed by atoms with E-state index in [1.807, 2.05) is 4.90 Å². The lowest BCUT2D eigenvalue weighted by molar-refractivity contribution is -0.0405. The predicted molar refractivity (Wildman–Crippen MR) is 122 cm³/mol. The van der Waals surface area contributed by atoms with Gasteiger partial charge in [-0.05, 0) is 67.9 Å². The molecule has 1 atom stereocenters. The number of nitriles is 1. The molecule has 1 aromatic heterocycles. The van der Waals surface area contributed by atoms with E-state index in [1.165, 1.54) is 35.8 Å². The van der Waals surface area contributed by atoms with Crippen molar-refractivity contribution in [2.75, 3.05) is 24.5 Å². The number of nitrogens with zero attached hydrogens (tertiary/aromatic N) is 3. The normalized spacial score (nSPS) is 22.4. The van der Waals surface area contributed by atoms with Crippen molar-refractivity contribution in [2.45, 2.75) is 70.6 Å². The summed E-state index contributed by atoms with van der Waals surface area (Å²) in [6.45, 7) is 9.01. The van der Waals surface area contributed by atoms with Crippen LogP contribution in [0.1, 0.15) is 78.6 Å². The summed E-state index contributed by atoms with van der Waals surface area (Å²) >= 11 is 0. The minimum Gasteiger partial charge on any atom is -0.472 e. The molecule has 0 spiro atoms. The molecule has 1 aromatic carbocycles. The van der Waals surface area contributed by atoms with Crippen molar-refractivity contribution < 1.29 is 13.9 Å². The smallest absolute Gasteiger partial charge is 0.257 e. The van der Waals surface area contributed by atoms with Crippen LogP contribution < -0.4 is 4.90 Å². The van der Waals surface area contributed by atoms with E-state index in [0.717, 1.165) is 37.2 Å². The quantitative estimate of drug-likeness (QED) is 0.704. The molecule has 0 N–H and O–H groups in total. The Morgan fingerprint density at radius 1 is 1.28 bits per heavy atom. The zero-order valence-corrected chi connectivity index (χ0v) is 19.2. The lowest BCUT2D eigenvalue weighted by atomic mass is 9.84. The summed E-state index contributed by atoms with van der Waals surface area (Å²) < 4.78 is 11.3. The second-order valence-corrected chi connectivity index (χ2v) is 9.95. The number of rotatable bonds is 4. The van der Waals surface area contributed by atoms with Gasteiger partial charge in [0.2, 0.25) is 0 Å². The fourth-order valence-corrected chi connectivity index (χ4v) is 5.27. The number of hydrogen-bond donors (Lipinski definition) is 0. The number of carbonyl (C=O) groups excluding carboxylic acids is 1. The fraction of sp³-hybridized carbons (Fsp3) is 0.538. The first-order valence-electron chi connectivity index (χ1n) is 11.7. The van der Waals surface area contributed by atoms with Gasteiger partial charge in [0.05, 0.1) is 35.3 Å². The molecule has 6 nitrogen and oxygen atoms in total. The Kier molecular flexibility index (Phi) is 5.25. The number of benzene rings is 1. The maximum atomic E-state index is 13.0. The number of hydrogen-bond acceptors (Lipinski definition) is 5. The highest BCUT2D eigenvalue weighted by Gasteiger charge is 2.37. The Balaban J connectivity index is 1.49. The molecule has 1 amide bonds. The molecule has 2 fully saturated rings. The van der Waals surface area contributed by atoms with E-state index in [1.54, 1.807) is 12.3 Å². The standard InChI is InChI=1S/C26H31N3O3/c1-4-19-14-28(8-9-29(19)25(30)18-7-10-31-15-18)24-11-20(17-5-6-17)23-16-32-26(2,3)12-21(23)22(24)13-27/h7,10-11,15,17,19H,4-6,8-9,12,14,16H2,1-3H3/t19-/m1/s1. The van der Waals surface area contributed by atoms with E-state index in [9.17, 15) is 10.1 Å². The SMILES string of the molecule is CC[C@@H]1CN(c2cc(C3CC3)c3c(c2C#N)CC(C)(C)OC3)CCN1C(=O)c1ccoc1. The molecule has 3 aliphatic rings. The van der Waals surface area contributed by atoms with Crippen molar-refractivity contribution in [1.29, 1.82) is 5.26 Å². The van der Waals surface area contributed by atoms with Gasteiger partial charge >= 0.3 is 0 Å². The zero-order valence-electron chi connectivity index (χ0n) is 19.2. The minimum atomic E-state index is -0.264. The molecule has 2 aliphatic heterocycles. The highest BCUT2D eigenvalue weighted by Crippen LogP contribution is 2.47. The predicted octanol–water partition coefficient (Wildman–Crippen LogP) is 4.62. The summed E-state index contributed by atoms with van der Waals surface area (Å²) in [5.41, 5.74) is 5.96. The van der Waals surface area contributed by atoms with Crippen LogP contribution in [0.5, 0.6) is 0 Å². The van der Waals surface area contributed by atoms with Crippen LogP contribution in [0.2, 0.25) is 0 Å². The van der Waals surface area contributed by atoms with E-state index >= 15 is 0 Å². The molecule has 5 rings (SSSR count). The number of piperazine rings is 1. The molecule has 2 aromatic rings. The number of anilines is 1. The van der Waals surface area contributed by atoms with Crippen molar-refractivity contribution in [3.05, 3.63) is 52.5 Å². The third-order valence-corrected chi connectivity index (χ3v) is 7.23. The van der Waals surface area contributed by atoms with Gasteiger partial charge in [-0.2, -0.15) is 5.26 Å². The Hall–Kier alpha value is -2.78. The Labute approximate surface area is 189 Å². The van der Waals surface area contributed by atoms with Crippen LogP contribution in [-0.2, 0) is 17.8 Å². The van der Waals surface area contributed by atoms with Gasteiger partial charge in [-0.15, -0.1) is 0 Å². The summed E-state index contributed by atoms with van der Waals surface area (Å²) in [5.74, 6) is 0.611. The largest absolute Gasteiger partial charge is 0.472 e. The second kappa shape index (κ2) is 7.97. The zero-order chi connectivity index (χ0) is 22.5. The maximum absolute atomic E-state index is 13.0. The van der Waals surface area contributed by atoms with E-state index in [-0.39, 0.29) is 17.6 Å². The van der Waals surface area contributed by atoms with Gasteiger partial charge in [-0.1, -0.05) is 6.92 Å². The summed E-state index contributed by atoms with van der Waals surface area (Å²) in [6, 6.07) is 6.63. The molecule has 1 aliphatic carbocycles. The molecule has 0 radical (unpaired) electrons. The van der Waals surface area contributed by atoms with Gasteiger partial charge in [0.15, 0.2) is 0 Å². The topological polar surface area (TPSA) is 69.7 Å². The van der Waals surface area contributed by atoms with E-state index in [0.29, 0.717) is 24.6 Å². The minimum absolute atomic E-state index is 0.0220. The van der Waals surface area contributed by atoms with Crippen molar-refractivity contribution in [1.82, 2.24) is 4.90 Å². The van der Waals surface area contributed by atoms with Gasteiger partial charge in [-0.3, -0.25) is 4.79 Å². The number of fused-ring (bicyclic) bond motifs is 1. The molecule has 168 valence electrons. The van der Waals surface area contributed by atoms with Crippen molar-refractivity contribution in [3.63, 3.8) is 0 Å². The van der Waals surface area contributed by atoms with E-state index in [4.69, 9.17) is 9.15 Å². The van der Waals surface area contributed by atoms with Crippen LogP contribution in [-0.4, -0.2) is 42.1 Å². The molecule has 0 bridgehead atoms. The van der Waals surface area contributed by atoms with Crippen LogP contribution in [0, 0.1) is 11.3 Å². The third kappa shape index (κ3) is 3.69. The lowest BCUT2D eigenvalue weighted by Gasteiger charge is -2.43. The summed E-state index contributed by atoms with van der Waals surface area (Å²) in [7, 11) is 0. The Morgan fingerprint density at radius 2 is 2.09 bits per heavy atom. The number of furan rings is 1. The molecule has 1 saturated heterocycles. The molecule has 3 heterocycles. The number of amides is 1. The van der Waals surface area contributed by atoms with Gasteiger partial charge in [0.25, 0.3) is 5.91 Å². The molecular formula is C26H31N3O3. The van der Waals surface area contributed by atoms with Crippen LogP contribution >= 0.6 is 0 Å².